The number of sulfonamides is 1. The van der Waals surface area contributed by atoms with Gasteiger partial charge in [-0.15, -0.1) is 0 Å². The molecule has 5 nitrogen and oxygen atoms in total. The van der Waals surface area contributed by atoms with Crippen LogP contribution in [-0.2, 0) is 16.4 Å². The molecule has 0 saturated carbocycles. The highest BCUT2D eigenvalue weighted by Crippen LogP contribution is 2.22. The van der Waals surface area contributed by atoms with Crippen molar-refractivity contribution < 1.29 is 13.2 Å². The highest BCUT2D eigenvalue weighted by molar-refractivity contribution is 7.92. The fraction of sp³-hybridized carbons (Fsp3) is 0.208. The van der Waals surface area contributed by atoms with Gasteiger partial charge in [-0.25, -0.2) is 8.42 Å². The van der Waals surface area contributed by atoms with Crippen LogP contribution in [0.3, 0.4) is 0 Å². The number of carbonyl (C=O) groups excluding carboxylic acids is 1. The van der Waals surface area contributed by atoms with Crippen LogP contribution in [-0.4, -0.2) is 27.4 Å². The second-order valence-electron chi connectivity index (χ2n) is 7.23. The molecule has 0 fully saturated rings. The zero-order valence-electron chi connectivity index (χ0n) is 17.2. The average molecular weight is 423 g/mol. The van der Waals surface area contributed by atoms with Crippen LogP contribution in [0.2, 0.25) is 0 Å². The molecule has 1 atom stereocenters. The quantitative estimate of drug-likeness (QED) is 0.590. The maximum Gasteiger partial charge on any atom is 0.264 e. The summed E-state index contributed by atoms with van der Waals surface area (Å²) in [5.74, 6) is -0.171. The Labute approximate surface area is 178 Å². The van der Waals surface area contributed by atoms with Gasteiger partial charge in [-0.2, -0.15) is 0 Å². The van der Waals surface area contributed by atoms with E-state index in [1.807, 2.05) is 25.1 Å². The molecule has 0 aliphatic carbocycles. The van der Waals surface area contributed by atoms with E-state index in [1.165, 1.54) is 16.9 Å². The Bertz CT molecular complexity index is 1070. The van der Waals surface area contributed by atoms with E-state index >= 15 is 0 Å². The topological polar surface area (TPSA) is 66.5 Å². The normalized spacial score (nSPS) is 12.2. The summed E-state index contributed by atoms with van der Waals surface area (Å²) in [7, 11) is -2.14. The van der Waals surface area contributed by atoms with Crippen molar-refractivity contribution in [1.29, 1.82) is 0 Å². The molecule has 0 radical (unpaired) electrons. The van der Waals surface area contributed by atoms with Crippen LogP contribution in [0.1, 0.15) is 29.3 Å². The van der Waals surface area contributed by atoms with Crippen LogP contribution < -0.4 is 9.62 Å². The van der Waals surface area contributed by atoms with Crippen molar-refractivity contribution in [2.24, 2.45) is 0 Å². The Morgan fingerprint density at radius 3 is 2.07 bits per heavy atom. The predicted molar refractivity (Wildman–Crippen MR) is 120 cm³/mol. The van der Waals surface area contributed by atoms with E-state index in [4.69, 9.17) is 0 Å². The molecule has 30 heavy (non-hydrogen) atoms. The second kappa shape index (κ2) is 9.59. The van der Waals surface area contributed by atoms with Gasteiger partial charge in [0.05, 0.1) is 10.6 Å². The predicted octanol–water partition coefficient (Wildman–Crippen LogP) is 4.26. The number of rotatable bonds is 8. The summed E-state index contributed by atoms with van der Waals surface area (Å²) < 4.78 is 26.7. The second-order valence-corrected chi connectivity index (χ2v) is 9.20. The molecule has 0 saturated heterocycles. The van der Waals surface area contributed by atoms with Crippen LogP contribution in [0.4, 0.5) is 5.69 Å². The molecular formula is C24H26N2O3S. The fourth-order valence-electron chi connectivity index (χ4n) is 3.12. The molecular weight excluding hydrogens is 396 g/mol. The highest BCUT2D eigenvalue weighted by Gasteiger charge is 2.21. The maximum atomic E-state index is 12.7. The first-order valence-corrected chi connectivity index (χ1v) is 11.3. The molecule has 0 aliphatic rings. The molecule has 0 spiro atoms. The van der Waals surface area contributed by atoms with Crippen molar-refractivity contribution >= 4 is 21.6 Å². The maximum absolute atomic E-state index is 12.7. The van der Waals surface area contributed by atoms with Crippen LogP contribution in [0, 0.1) is 0 Å². The van der Waals surface area contributed by atoms with Crippen molar-refractivity contribution in [2.75, 3.05) is 11.4 Å². The van der Waals surface area contributed by atoms with Gasteiger partial charge in [0.15, 0.2) is 0 Å². The molecule has 3 aromatic carbocycles. The minimum atomic E-state index is -3.65. The standard InChI is InChI=1S/C24H26N2O3S/c1-19(13-14-20-9-5-3-6-10-20)25-24(27)21-15-17-22(18-16-21)26(2)30(28,29)23-11-7-4-8-12-23/h3-12,15-19H,13-14H2,1-2H3,(H,25,27)/t19-/m1/s1. The summed E-state index contributed by atoms with van der Waals surface area (Å²) in [4.78, 5) is 12.7. The van der Waals surface area contributed by atoms with Crippen molar-refractivity contribution in [2.45, 2.75) is 30.7 Å². The van der Waals surface area contributed by atoms with Gasteiger partial charge < -0.3 is 5.32 Å². The summed E-state index contributed by atoms with van der Waals surface area (Å²) in [6.07, 6.45) is 1.73. The number of benzene rings is 3. The van der Waals surface area contributed by atoms with Crippen LogP contribution >= 0.6 is 0 Å². The van der Waals surface area contributed by atoms with Crippen LogP contribution in [0.5, 0.6) is 0 Å². The van der Waals surface area contributed by atoms with Gasteiger partial charge in [0.25, 0.3) is 15.9 Å². The minimum absolute atomic E-state index is 0.0264. The third-order valence-corrected chi connectivity index (χ3v) is 6.78. The Kier molecular flexibility index (Phi) is 6.90. The number of nitrogens with zero attached hydrogens (tertiary/aromatic N) is 1. The fourth-order valence-corrected chi connectivity index (χ4v) is 4.34. The number of carbonyl (C=O) groups is 1. The smallest absolute Gasteiger partial charge is 0.264 e. The SMILES string of the molecule is C[C@H](CCc1ccccc1)NC(=O)c1ccc(N(C)S(=O)(=O)c2ccccc2)cc1. The molecule has 1 N–H and O–H groups in total. The van der Waals surface area contributed by atoms with Crippen molar-refractivity contribution in [3.05, 3.63) is 96.1 Å². The number of anilines is 1. The van der Waals surface area contributed by atoms with E-state index in [1.54, 1.807) is 54.6 Å². The zero-order chi connectivity index (χ0) is 21.6. The molecule has 0 aromatic heterocycles. The Morgan fingerprint density at radius 2 is 1.47 bits per heavy atom. The van der Waals surface area contributed by atoms with E-state index < -0.39 is 10.0 Å². The first-order valence-electron chi connectivity index (χ1n) is 9.87. The summed E-state index contributed by atoms with van der Waals surface area (Å²) in [5, 5.41) is 3.00. The van der Waals surface area contributed by atoms with Gasteiger partial charge in [0, 0.05) is 18.7 Å². The monoisotopic (exact) mass is 422 g/mol. The summed E-state index contributed by atoms with van der Waals surface area (Å²) in [6.45, 7) is 1.98. The molecule has 0 bridgehead atoms. The van der Waals surface area contributed by atoms with Gasteiger partial charge in [0.1, 0.15) is 0 Å². The first-order chi connectivity index (χ1) is 14.4. The van der Waals surface area contributed by atoms with Crippen molar-refractivity contribution in [1.82, 2.24) is 5.32 Å². The third-order valence-electron chi connectivity index (χ3n) is 4.98. The number of hydrogen-bond donors (Lipinski definition) is 1. The van der Waals surface area contributed by atoms with Crippen LogP contribution in [0.15, 0.2) is 89.8 Å². The van der Waals surface area contributed by atoms with Gasteiger partial charge in [0.2, 0.25) is 0 Å². The van der Waals surface area contributed by atoms with Crippen molar-refractivity contribution in [3.63, 3.8) is 0 Å². The van der Waals surface area contributed by atoms with Crippen molar-refractivity contribution in [3.8, 4) is 0 Å². The number of nitrogens with one attached hydrogen (secondary N) is 1. The Morgan fingerprint density at radius 1 is 0.900 bits per heavy atom. The number of amides is 1. The lowest BCUT2D eigenvalue weighted by atomic mass is 10.1. The molecule has 1 amide bonds. The summed E-state index contributed by atoms with van der Waals surface area (Å²) in [6, 6.07) is 25.0. The van der Waals surface area contributed by atoms with E-state index in [0.717, 1.165) is 12.8 Å². The van der Waals surface area contributed by atoms with Crippen LogP contribution in [0.25, 0.3) is 0 Å². The van der Waals surface area contributed by atoms with Gasteiger partial charge in [-0.3, -0.25) is 9.10 Å². The molecule has 3 rings (SSSR count). The molecule has 3 aromatic rings. The van der Waals surface area contributed by atoms with E-state index in [0.29, 0.717) is 11.3 Å². The summed E-state index contributed by atoms with van der Waals surface area (Å²) in [5.41, 5.74) is 2.23. The number of aryl methyl sites for hydroxylation is 1. The lowest BCUT2D eigenvalue weighted by Crippen LogP contribution is -2.33. The average Bonchev–Trinajstić information content (AvgIpc) is 2.78. The highest BCUT2D eigenvalue weighted by atomic mass is 32.2. The zero-order valence-corrected chi connectivity index (χ0v) is 18.0. The van der Waals surface area contributed by atoms with Gasteiger partial charge >= 0.3 is 0 Å². The Hall–Kier alpha value is -3.12. The van der Waals surface area contributed by atoms with Gasteiger partial charge in [-0.05, 0) is 61.7 Å². The summed E-state index contributed by atoms with van der Waals surface area (Å²) >= 11 is 0. The molecule has 6 heteroatoms. The minimum Gasteiger partial charge on any atom is -0.350 e. The lowest BCUT2D eigenvalue weighted by Gasteiger charge is -2.20. The molecule has 0 aliphatic heterocycles. The Balaban J connectivity index is 1.61. The lowest BCUT2D eigenvalue weighted by molar-refractivity contribution is 0.0938. The third kappa shape index (κ3) is 5.27. The number of hydrogen-bond acceptors (Lipinski definition) is 3. The first kappa shape index (κ1) is 21.6. The molecule has 0 heterocycles. The molecule has 0 unspecified atom stereocenters. The molecule has 156 valence electrons. The van der Waals surface area contributed by atoms with E-state index in [9.17, 15) is 13.2 Å². The van der Waals surface area contributed by atoms with E-state index in [2.05, 4.69) is 17.4 Å². The van der Waals surface area contributed by atoms with E-state index in [-0.39, 0.29) is 16.8 Å². The van der Waals surface area contributed by atoms with Gasteiger partial charge in [-0.1, -0.05) is 48.5 Å². The largest absolute Gasteiger partial charge is 0.350 e.